The average molecular weight is 321 g/mol. The molecule has 0 spiro atoms. The second kappa shape index (κ2) is 11.3. The standard InChI is InChI=1S/C14H28N2O2S2/c1-6-16(14(18)20-10-12(4)5)8-7-15-13(17)19-9-11(2)3/h11-12H,6-10H2,1-5H3,(H,15,17). The maximum atomic E-state index is 11.9. The first-order chi connectivity index (χ1) is 9.36. The maximum Gasteiger partial charge on any atom is 0.281 e. The summed E-state index contributed by atoms with van der Waals surface area (Å²) >= 11 is 2.67. The SMILES string of the molecule is CCN(CCNC(=O)SCC(C)C)C(=O)SCC(C)C. The predicted molar refractivity (Wildman–Crippen MR) is 90.6 cm³/mol. The van der Waals surface area contributed by atoms with Gasteiger partial charge in [0.2, 0.25) is 0 Å². The molecule has 0 unspecified atom stereocenters. The number of likely N-dealkylation sites (N-methyl/N-ethyl adjacent to an activating group) is 1. The summed E-state index contributed by atoms with van der Waals surface area (Å²) in [5.74, 6) is 2.68. The van der Waals surface area contributed by atoms with Crippen molar-refractivity contribution in [3.63, 3.8) is 0 Å². The lowest BCUT2D eigenvalue weighted by Crippen LogP contribution is -2.36. The molecular weight excluding hydrogens is 292 g/mol. The summed E-state index contributed by atoms with van der Waals surface area (Å²) in [7, 11) is 0. The van der Waals surface area contributed by atoms with Gasteiger partial charge in [-0.3, -0.25) is 9.59 Å². The maximum absolute atomic E-state index is 11.9. The van der Waals surface area contributed by atoms with Crippen LogP contribution in [0.1, 0.15) is 34.6 Å². The number of hydrogen-bond acceptors (Lipinski definition) is 4. The zero-order valence-corrected chi connectivity index (χ0v) is 14.9. The van der Waals surface area contributed by atoms with Gasteiger partial charge in [0, 0.05) is 31.1 Å². The monoisotopic (exact) mass is 320 g/mol. The number of carbonyl (C=O) groups is 2. The second-order valence-electron chi connectivity index (χ2n) is 5.47. The minimum absolute atomic E-state index is 0.00274. The molecule has 20 heavy (non-hydrogen) atoms. The Balaban J connectivity index is 3.89. The van der Waals surface area contributed by atoms with E-state index in [4.69, 9.17) is 0 Å². The van der Waals surface area contributed by atoms with Crippen molar-refractivity contribution in [1.82, 2.24) is 10.2 Å². The van der Waals surface area contributed by atoms with E-state index in [-0.39, 0.29) is 10.5 Å². The van der Waals surface area contributed by atoms with Crippen LogP contribution in [0.3, 0.4) is 0 Å². The van der Waals surface area contributed by atoms with Crippen LogP contribution in [0.5, 0.6) is 0 Å². The Hall–Kier alpha value is -0.360. The van der Waals surface area contributed by atoms with Gasteiger partial charge in [0.05, 0.1) is 0 Å². The van der Waals surface area contributed by atoms with Gasteiger partial charge in [0.15, 0.2) is 0 Å². The molecule has 4 nitrogen and oxygen atoms in total. The lowest BCUT2D eigenvalue weighted by molar-refractivity contribution is 0.225. The summed E-state index contributed by atoms with van der Waals surface area (Å²) < 4.78 is 0. The number of carbonyl (C=O) groups excluding carboxylic acids is 2. The van der Waals surface area contributed by atoms with E-state index < -0.39 is 0 Å². The molecule has 6 heteroatoms. The largest absolute Gasteiger partial charge is 0.345 e. The van der Waals surface area contributed by atoms with Gasteiger partial charge < -0.3 is 10.2 Å². The molecule has 0 saturated carbocycles. The quantitative estimate of drug-likeness (QED) is 0.736. The van der Waals surface area contributed by atoms with Gasteiger partial charge in [-0.05, 0) is 18.8 Å². The highest BCUT2D eigenvalue weighted by Gasteiger charge is 2.13. The lowest BCUT2D eigenvalue weighted by atomic mass is 10.3. The van der Waals surface area contributed by atoms with E-state index in [1.807, 2.05) is 6.92 Å². The van der Waals surface area contributed by atoms with Crippen molar-refractivity contribution in [1.29, 1.82) is 0 Å². The Kier molecular flexibility index (Phi) is 11.1. The van der Waals surface area contributed by atoms with Crippen molar-refractivity contribution in [2.24, 2.45) is 11.8 Å². The fourth-order valence-corrected chi connectivity index (χ4v) is 2.86. The van der Waals surface area contributed by atoms with E-state index >= 15 is 0 Å². The Labute approximate surface area is 131 Å². The Morgan fingerprint density at radius 2 is 1.60 bits per heavy atom. The number of nitrogens with zero attached hydrogens (tertiary/aromatic N) is 1. The van der Waals surface area contributed by atoms with E-state index in [1.54, 1.807) is 4.90 Å². The van der Waals surface area contributed by atoms with Gasteiger partial charge in [-0.1, -0.05) is 51.2 Å². The number of hydrogen-bond donors (Lipinski definition) is 1. The van der Waals surface area contributed by atoms with Gasteiger partial charge in [-0.25, -0.2) is 0 Å². The molecule has 0 aliphatic heterocycles. The highest BCUT2D eigenvalue weighted by atomic mass is 32.2. The van der Waals surface area contributed by atoms with Gasteiger partial charge in [0.1, 0.15) is 0 Å². The van der Waals surface area contributed by atoms with Gasteiger partial charge >= 0.3 is 0 Å². The summed E-state index contributed by atoms with van der Waals surface area (Å²) in [5.41, 5.74) is 0. The Bertz CT molecular complexity index is 297. The molecule has 0 atom stereocenters. The molecular formula is C14H28N2O2S2. The van der Waals surface area contributed by atoms with Crippen molar-refractivity contribution in [2.45, 2.75) is 34.6 Å². The molecule has 0 heterocycles. The first-order valence-corrected chi connectivity index (χ1v) is 9.16. The van der Waals surface area contributed by atoms with Crippen LogP contribution in [-0.4, -0.2) is 46.5 Å². The van der Waals surface area contributed by atoms with Crippen LogP contribution in [0.4, 0.5) is 9.59 Å². The van der Waals surface area contributed by atoms with Crippen LogP contribution >= 0.6 is 23.5 Å². The second-order valence-corrected chi connectivity index (χ2v) is 7.43. The van der Waals surface area contributed by atoms with E-state index in [2.05, 4.69) is 33.0 Å². The van der Waals surface area contributed by atoms with Crippen LogP contribution < -0.4 is 5.32 Å². The van der Waals surface area contributed by atoms with Crippen molar-refractivity contribution in [3.8, 4) is 0 Å². The number of thioether (sulfide) groups is 2. The fraction of sp³-hybridized carbons (Fsp3) is 0.857. The van der Waals surface area contributed by atoms with E-state index in [0.717, 1.165) is 11.5 Å². The zero-order chi connectivity index (χ0) is 15.5. The number of nitrogens with one attached hydrogen (secondary N) is 1. The highest BCUT2D eigenvalue weighted by Crippen LogP contribution is 2.13. The smallest absolute Gasteiger partial charge is 0.281 e. The first kappa shape index (κ1) is 19.6. The molecule has 2 amide bonds. The summed E-state index contributed by atoms with van der Waals surface area (Å²) in [6, 6.07) is 0. The zero-order valence-electron chi connectivity index (χ0n) is 13.3. The third kappa shape index (κ3) is 10.4. The van der Waals surface area contributed by atoms with Crippen molar-refractivity contribution < 1.29 is 9.59 Å². The molecule has 0 rings (SSSR count). The lowest BCUT2D eigenvalue weighted by Gasteiger charge is -2.20. The molecule has 0 aromatic rings. The molecule has 0 radical (unpaired) electrons. The third-order valence-corrected chi connectivity index (χ3v) is 4.96. The number of rotatable bonds is 8. The van der Waals surface area contributed by atoms with E-state index in [0.29, 0.717) is 31.5 Å². The van der Waals surface area contributed by atoms with E-state index in [9.17, 15) is 9.59 Å². The summed E-state index contributed by atoms with van der Waals surface area (Å²) in [6.07, 6.45) is 0. The normalized spacial score (nSPS) is 10.9. The molecule has 118 valence electrons. The Morgan fingerprint density at radius 1 is 1.05 bits per heavy atom. The van der Waals surface area contributed by atoms with Crippen molar-refractivity contribution in [2.75, 3.05) is 31.1 Å². The summed E-state index contributed by atoms with van der Waals surface area (Å²) in [5, 5.41) is 2.94. The van der Waals surface area contributed by atoms with Gasteiger partial charge in [-0.2, -0.15) is 0 Å². The number of amides is 2. The highest BCUT2D eigenvalue weighted by molar-refractivity contribution is 8.13. The summed E-state index contributed by atoms with van der Waals surface area (Å²) in [6.45, 7) is 12.1. The predicted octanol–water partition coefficient (Wildman–Crippen LogP) is 3.92. The molecule has 0 aliphatic carbocycles. The van der Waals surface area contributed by atoms with Crippen molar-refractivity contribution >= 4 is 34.0 Å². The molecule has 0 saturated heterocycles. The van der Waals surface area contributed by atoms with Crippen LogP contribution in [0.15, 0.2) is 0 Å². The fourth-order valence-electron chi connectivity index (χ4n) is 1.29. The Morgan fingerprint density at radius 3 is 2.10 bits per heavy atom. The topological polar surface area (TPSA) is 49.4 Å². The average Bonchev–Trinajstić information content (AvgIpc) is 2.38. The van der Waals surface area contributed by atoms with Crippen LogP contribution in [0.25, 0.3) is 0 Å². The third-order valence-electron chi connectivity index (χ3n) is 2.38. The molecule has 0 fully saturated rings. The minimum Gasteiger partial charge on any atom is -0.345 e. The molecule has 1 N–H and O–H groups in total. The summed E-state index contributed by atoms with van der Waals surface area (Å²) in [4.78, 5) is 25.3. The first-order valence-electron chi connectivity index (χ1n) is 7.19. The minimum atomic E-state index is -0.00274. The molecule has 0 aliphatic rings. The van der Waals surface area contributed by atoms with Crippen molar-refractivity contribution in [3.05, 3.63) is 0 Å². The van der Waals surface area contributed by atoms with Gasteiger partial charge in [-0.15, -0.1) is 0 Å². The molecule has 0 bridgehead atoms. The van der Waals surface area contributed by atoms with Crippen LogP contribution in [0, 0.1) is 11.8 Å². The molecule has 0 aromatic heterocycles. The molecule has 0 aromatic carbocycles. The van der Waals surface area contributed by atoms with Crippen LogP contribution in [-0.2, 0) is 0 Å². The van der Waals surface area contributed by atoms with E-state index in [1.165, 1.54) is 23.5 Å². The van der Waals surface area contributed by atoms with Crippen LogP contribution in [0.2, 0.25) is 0 Å². The van der Waals surface area contributed by atoms with Gasteiger partial charge in [0.25, 0.3) is 10.5 Å².